The highest BCUT2D eigenvalue weighted by Gasteiger charge is 2.50. The molecule has 5 N–H and O–H groups in total. The highest BCUT2D eigenvalue weighted by molar-refractivity contribution is 6.00. The van der Waals surface area contributed by atoms with Crippen LogP contribution in [0.5, 0.6) is 0 Å². The van der Waals surface area contributed by atoms with Gasteiger partial charge in [-0.3, -0.25) is 34.1 Å². The van der Waals surface area contributed by atoms with E-state index < -0.39 is 41.3 Å². The molecule has 10 atom stereocenters. The molecule has 0 aromatic heterocycles. The zero-order valence-corrected chi connectivity index (χ0v) is 51.0. The number of hydrogen-bond acceptors (Lipinski definition) is 10. The third-order valence-electron chi connectivity index (χ3n) is 17.8. The maximum atomic E-state index is 14.3. The van der Waals surface area contributed by atoms with Gasteiger partial charge < -0.3 is 40.5 Å². The summed E-state index contributed by atoms with van der Waals surface area (Å²) in [4.78, 5) is 112. The van der Waals surface area contributed by atoms with E-state index in [-0.39, 0.29) is 97.5 Å². The molecule has 10 rings (SSSR count). The van der Waals surface area contributed by atoms with Crippen molar-refractivity contribution in [2.75, 3.05) is 44.6 Å². The van der Waals surface area contributed by atoms with Crippen LogP contribution in [0.25, 0.3) is 0 Å². The number of anilines is 1. The van der Waals surface area contributed by atoms with Crippen LogP contribution in [-0.2, 0) is 28.7 Å². The Hall–Kier alpha value is -8.34. The van der Waals surface area contributed by atoms with E-state index in [9.17, 15) is 38.4 Å². The molecule has 88 heavy (non-hydrogen) atoms. The number of benzene rings is 5. The Morgan fingerprint density at radius 1 is 0.432 bits per heavy atom. The van der Waals surface area contributed by atoms with Crippen molar-refractivity contribution in [1.82, 2.24) is 31.1 Å². The Labute approximate surface area is 516 Å². The van der Waals surface area contributed by atoms with Crippen LogP contribution in [-0.4, -0.2) is 120 Å². The molecule has 5 aromatic carbocycles. The molecular weight excluding hydrogens is 1110 g/mol. The van der Waals surface area contributed by atoms with E-state index in [0.29, 0.717) is 35.5 Å². The number of esters is 1. The van der Waals surface area contributed by atoms with Crippen LogP contribution in [0, 0.1) is 23.7 Å². The maximum Gasteiger partial charge on any atom is 0.412 e. The van der Waals surface area contributed by atoms with E-state index in [1.165, 1.54) is 0 Å². The molecule has 2 aliphatic heterocycles. The lowest BCUT2D eigenvalue weighted by molar-refractivity contribution is -0.133. The largest absolute Gasteiger partial charge is 0.462 e. The van der Waals surface area contributed by atoms with Crippen LogP contribution in [0.3, 0.4) is 0 Å². The first-order valence-corrected chi connectivity index (χ1v) is 31.9. The van der Waals surface area contributed by atoms with Gasteiger partial charge in [0, 0.05) is 85.4 Å². The molecule has 2 saturated heterocycles. The van der Waals surface area contributed by atoms with Crippen molar-refractivity contribution in [3.05, 3.63) is 173 Å². The van der Waals surface area contributed by atoms with E-state index >= 15 is 0 Å². The van der Waals surface area contributed by atoms with E-state index in [1.54, 1.807) is 79.1 Å². The number of likely N-dealkylation sites (tertiary alicyclic amines) is 2. The summed E-state index contributed by atoms with van der Waals surface area (Å²) in [5.74, 6) is -4.50. The summed E-state index contributed by atoms with van der Waals surface area (Å²) >= 11 is 0. The first-order valence-electron chi connectivity index (χ1n) is 31.9. The van der Waals surface area contributed by atoms with Crippen molar-refractivity contribution >= 4 is 53.2 Å². The minimum atomic E-state index is -0.753. The highest BCUT2D eigenvalue weighted by atomic mass is 16.6. The van der Waals surface area contributed by atoms with Crippen LogP contribution in [0.4, 0.5) is 10.5 Å². The predicted molar refractivity (Wildman–Crippen MR) is 335 cm³/mol. The molecule has 17 heteroatoms. The van der Waals surface area contributed by atoms with Crippen LogP contribution in [0.2, 0.25) is 0 Å². The van der Waals surface area contributed by atoms with Crippen molar-refractivity contribution in [3.63, 3.8) is 0 Å². The molecule has 0 unspecified atom stereocenters. The Morgan fingerprint density at radius 2 is 0.784 bits per heavy atom. The molecule has 17 nitrogen and oxygen atoms in total. The standard InChI is InChI=1S/C71H85N7O10/c1-71(2,3)88-70(86)73-52-35-33-51(34-36-52)69(85)87-38-22-11-9-7-5-4-6-8-10-21-37-72-63(79)56-42-77(43-57(56)64(80)74-60-39-53(60)46-23-15-12-16-24-46)67(83)49-29-31-50(32-30-49)68(84)78-44-58(65(81)75-61-40-54(61)47-25-17-13-18-26-47)59(45-78)66(82)76-62-41-55(62)48-27-19-14-20-28-48/h12-20,23-36,53-62H,4-11,21-22,37-45H2,1-3H3,(H,72,79)(H,73,86)(H,74,80)(H,75,81)(H,76,82)/t53-,54-,55-,56-,57-,58-,59-,60+,61+,62+/m1/s1. The Bertz CT molecular complexity index is 3150. The average molecular weight is 1200 g/mol. The number of nitrogens with one attached hydrogen (secondary N) is 5. The number of nitrogens with zero attached hydrogens (tertiary/aromatic N) is 2. The van der Waals surface area contributed by atoms with Gasteiger partial charge in [-0.25, -0.2) is 9.59 Å². The average Bonchev–Trinajstić information content (AvgIpc) is 4.12. The fourth-order valence-corrected chi connectivity index (χ4v) is 12.6. The lowest BCUT2D eigenvalue weighted by atomic mass is 9.94. The number of rotatable bonds is 27. The summed E-state index contributed by atoms with van der Waals surface area (Å²) in [6.45, 7) is 6.44. The van der Waals surface area contributed by atoms with Gasteiger partial charge in [0.1, 0.15) is 5.60 Å². The zero-order valence-electron chi connectivity index (χ0n) is 51.0. The van der Waals surface area contributed by atoms with Gasteiger partial charge >= 0.3 is 12.1 Å². The number of carbonyl (C=O) groups excluding carboxylic acids is 8. The van der Waals surface area contributed by atoms with E-state index in [4.69, 9.17) is 9.47 Å². The minimum absolute atomic E-state index is 0.0473. The van der Waals surface area contributed by atoms with Crippen LogP contribution >= 0.6 is 0 Å². The highest BCUT2D eigenvalue weighted by Crippen LogP contribution is 2.44. The number of unbranched alkanes of at least 4 members (excludes halogenated alkanes) is 9. The third kappa shape index (κ3) is 17.0. The monoisotopic (exact) mass is 1200 g/mol. The van der Waals surface area contributed by atoms with Gasteiger partial charge in [-0.05, 0) is 118 Å². The van der Waals surface area contributed by atoms with Gasteiger partial charge in [0.2, 0.25) is 23.6 Å². The van der Waals surface area contributed by atoms with Gasteiger partial charge in [0.05, 0.1) is 35.8 Å². The van der Waals surface area contributed by atoms with Crippen molar-refractivity contribution in [3.8, 4) is 0 Å². The van der Waals surface area contributed by atoms with Crippen molar-refractivity contribution in [2.24, 2.45) is 23.7 Å². The molecule has 3 saturated carbocycles. The zero-order chi connectivity index (χ0) is 61.7. The van der Waals surface area contributed by atoms with E-state index in [0.717, 1.165) is 100 Å². The van der Waals surface area contributed by atoms with Gasteiger partial charge in [0.25, 0.3) is 11.8 Å². The fraction of sp³-hybridized carbons (Fsp3) is 0.465. The quantitative estimate of drug-likeness (QED) is 0.0247. The molecule has 2 heterocycles. The topological polar surface area (TPSA) is 222 Å². The first-order chi connectivity index (χ1) is 42.6. The summed E-state index contributed by atoms with van der Waals surface area (Å²) in [6, 6.07) is 42.9. The summed E-state index contributed by atoms with van der Waals surface area (Å²) in [5, 5.41) is 15.3. The number of amides is 7. The maximum absolute atomic E-state index is 14.3. The second-order valence-corrected chi connectivity index (χ2v) is 25.7. The second-order valence-electron chi connectivity index (χ2n) is 25.7. The molecule has 0 radical (unpaired) electrons. The number of hydrogen-bond donors (Lipinski definition) is 5. The van der Waals surface area contributed by atoms with Gasteiger partial charge in [-0.15, -0.1) is 0 Å². The summed E-state index contributed by atoms with van der Waals surface area (Å²) in [6.07, 6.45) is 11.8. The Kier molecular flexibility index (Phi) is 20.7. The molecule has 0 bridgehead atoms. The van der Waals surface area contributed by atoms with Gasteiger partial charge in [-0.1, -0.05) is 142 Å². The summed E-state index contributed by atoms with van der Waals surface area (Å²) in [7, 11) is 0. The Balaban J connectivity index is 0.666. The summed E-state index contributed by atoms with van der Waals surface area (Å²) < 4.78 is 10.7. The normalized spacial score (nSPS) is 23.3. The van der Waals surface area contributed by atoms with E-state index in [1.807, 2.05) is 54.6 Å². The summed E-state index contributed by atoms with van der Waals surface area (Å²) in [5.41, 5.74) is 4.40. The second kappa shape index (κ2) is 29.1. The lowest BCUT2D eigenvalue weighted by Gasteiger charge is -2.19. The van der Waals surface area contributed by atoms with Crippen molar-refractivity contribution < 1.29 is 47.8 Å². The molecule has 464 valence electrons. The van der Waals surface area contributed by atoms with E-state index in [2.05, 4.69) is 63.0 Å². The number of carbonyl (C=O) groups is 8. The molecular formula is C71H85N7O10. The lowest BCUT2D eigenvalue weighted by Crippen LogP contribution is -2.43. The molecule has 0 spiro atoms. The molecule has 3 aliphatic carbocycles. The SMILES string of the molecule is CC(C)(C)OC(=O)Nc1ccc(C(=O)OCCCCCCCCCCCCNC(=O)[C@@H]2CN(C(=O)c3ccc(C(=O)N4C[C@@H](C(=O)N[C@H]5C[C@@H]5c5ccccc5)[C@H](C(=O)N[C@H]5C[C@@H]5c5ccccc5)C4)cc3)C[C@H]2C(=O)N[C@H]2C[C@@H]2c2ccccc2)cc1. The molecule has 7 amide bonds. The van der Waals surface area contributed by atoms with Gasteiger partial charge in [-0.2, -0.15) is 0 Å². The first kappa shape index (κ1) is 62.7. The molecule has 5 aliphatic rings. The van der Waals surface area contributed by atoms with Gasteiger partial charge in [0.15, 0.2) is 0 Å². The third-order valence-corrected chi connectivity index (χ3v) is 17.8. The van der Waals surface area contributed by atoms with Crippen molar-refractivity contribution in [2.45, 2.75) is 146 Å². The fourth-order valence-electron chi connectivity index (χ4n) is 12.6. The van der Waals surface area contributed by atoms with Crippen LogP contribution in [0.1, 0.15) is 170 Å². The molecule has 5 aromatic rings. The van der Waals surface area contributed by atoms with Crippen molar-refractivity contribution in [1.29, 1.82) is 0 Å². The molecule has 5 fully saturated rings. The minimum Gasteiger partial charge on any atom is -0.462 e. The smallest absolute Gasteiger partial charge is 0.412 e. The van der Waals surface area contributed by atoms with Crippen LogP contribution < -0.4 is 26.6 Å². The van der Waals surface area contributed by atoms with Crippen LogP contribution in [0.15, 0.2) is 140 Å². The predicted octanol–water partition coefficient (Wildman–Crippen LogP) is 10.3. The number of ether oxygens (including phenoxy) is 2. The Morgan fingerprint density at radius 3 is 1.17 bits per heavy atom.